The Morgan fingerprint density at radius 3 is 2.30 bits per heavy atom. The molecule has 2 unspecified atom stereocenters. The van der Waals surface area contributed by atoms with Crippen molar-refractivity contribution in [1.29, 1.82) is 0 Å². The average Bonchev–Trinajstić information content (AvgIpc) is 4.12. The Labute approximate surface area is 404 Å². The van der Waals surface area contributed by atoms with Gasteiger partial charge in [-0.15, -0.1) is 0 Å². The fourth-order valence-corrected chi connectivity index (χ4v) is 9.93. The van der Waals surface area contributed by atoms with E-state index in [1.807, 2.05) is 79.7 Å². The fourth-order valence-electron chi connectivity index (χ4n) is 9.93. The minimum atomic E-state index is -0.309. The van der Waals surface area contributed by atoms with Crippen molar-refractivity contribution in [3.05, 3.63) is 94.7 Å². The summed E-state index contributed by atoms with van der Waals surface area (Å²) in [6.45, 7) is 21.1. The van der Waals surface area contributed by atoms with Gasteiger partial charge in [0.15, 0.2) is 22.9 Å². The van der Waals surface area contributed by atoms with Crippen molar-refractivity contribution < 1.29 is 9.59 Å². The Morgan fingerprint density at radius 1 is 0.913 bits per heavy atom. The lowest BCUT2D eigenvalue weighted by Crippen LogP contribution is -2.43. The molecule has 2 atom stereocenters. The predicted molar refractivity (Wildman–Crippen MR) is 277 cm³/mol. The lowest BCUT2D eigenvalue weighted by Gasteiger charge is -2.34. The molecule has 18 heteroatoms. The van der Waals surface area contributed by atoms with E-state index < -0.39 is 0 Å². The SMILES string of the molecule is CCNCCCN(CC)c1ccc(C(=O)Nc2cn3cc(CC(C)C)nc(C)c3n2)c(N)c1C=NC.Cc1cn2cc(NC(=O)c3ccc(N4CCC5CNCCC54)c4cn(C)nc34)nc2c(C)n1. The Morgan fingerprint density at radius 2 is 1.61 bits per heavy atom. The first-order valence-electron chi connectivity index (χ1n) is 24.3. The van der Waals surface area contributed by atoms with Gasteiger partial charge in [-0.05, 0) is 116 Å². The van der Waals surface area contributed by atoms with Crippen molar-refractivity contribution in [2.24, 2.45) is 23.9 Å². The molecule has 0 aliphatic carbocycles. The first kappa shape index (κ1) is 48.5. The van der Waals surface area contributed by atoms with Crippen LogP contribution in [0.5, 0.6) is 0 Å². The van der Waals surface area contributed by atoms with E-state index in [1.54, 1.807) is 24.0 Å². The average molecular weight is 937 g/mol. The molecule has 2 fully saturated rings. The van der Waals surface area contributed by atoms with Crippen LogP contribution < -0.4 is 36.8 Å². The van der Waals surface area contributed by atoms with Crippen molar-refractivity contribution >= 4 is 68.9 Å². The molecule has 2 aliphatic heterocycles. The van der Waals surface area contributed by atoms with Gasteiger partial charge in [-0.3, -0.25) is 29.2 Å². The highest BCUT2D eigenvalue weighted by Crippen LogP contribution is 2.38. The van der Waals surface area contributed by atoms with Gasteiger partial charge in [0.1, 0.15) is 5.52 Å². The summed E-state index contributed by atoms with van der Waals surface area (Å²) in [4.78, 5) is 53.8. The van der Waals surface area contributed by atoms with E-state index in [4.69, 9.17) is 5.73 Å². The zero-order chi connectivity index (χ0) is 48.9. The van der Waals surface area contributed by atoms with Gasteiger partial charge in [-0.1, -0.05) is 20.8 Å². The highest BCUT2D eigenvalue weighted by atomic mass is 16.2. The van der Waals surface area contributed by atoms with Gasteiger partial charge < -0.3 is 45.6 Å². The first-order chi connectivity index (χ1) is 33.3. The molecule has 0 spiro atoms. The number of aromatic nitrogens is 8. The number of nitrogens with one attached hydrogen (secondary N) is 4. The molecule has 0 radical (unpaired) electrons. The summed E-state index contributed by atoms with van der Waals surface area (Å²) >= 11 is 0. The summed E-state index contributed by atoms with van der Waals surface area (Å²) in [6, 6.07) is 8.27. The number of rotatable bonds is 15. The topological polar surface area (TPSA) is 205 Å². The van der Waals surface area contributed by atoms with Crippen LogP contribution in [0.25, 0.3) is 22.2 Å². The molecule has 0 bridgehead atoms. The minimum Gasteiger partial charge on any atom is -0.397 e. The van der Waals surface area contributed by atoms with Gasteiger partial charge in [0.25, 0.3) is 11.8 Å². The van der Waals surface area contributed by atoms with E-state index in [9.17, 15) is 9.59 Å². The standard InChI is InChI=1S/C27H40N8O.C24H28N8O/c1-7-30-12-9-13-34(8-2)23-11-10-21(25(28)22(23)15-29-6)27(36)33-24-17-35-16-20(14-18(3)4)31-19(5)26(35)32-24;1-14-11-31-13-21(27-23(31)15(2)26-14)28-24(33)17-4-5-20(18-12-30(3)29-22(17)18)32-9-7-16-10-25-8-6-19(16)32/h10-11,15-18,30H,7-9,12-14,28H2,1-6H3,(H,33,36);4-5,11-13,16,19,25H,6-10H2,1-3H3,(H,28,33). The highest BCUT2D eigenvalue weighted by molar-refractivity contribution is 6.14. The summed E-state index contributed by atoms with van der Waals surface area (Å²) < 4.78 is 5.61. The fraction of sp³-hybridized carbons (Fsp3) is 0.451. The lowest BCUT2D eigenvalue weighted by atomic mass is 9.94. The maximum absolute atomic E-state index is 13.3. The van der Waals surface area contributed by atoms with Crippen LogP contribution in [0, 0.1) is 32.6 Å². The monoisotopic (exact) mass is 937 g/mol. The second-order valence-electron chi connectivity index (χ2n) is 18.6. The number of nitrogens with zero attached hydrogens (tertiary/aromatic N) is 11. The number of anilines is 5. The normalized spacial score (nSPS) is 15.9. The van der Waals surface area contributed by atoms with E-state index >= 15 is 0 Å². The molecule has 18 nitrogen and oxygen atoms in total. The van der Waals surface area contributed by atoms with Crippen LogP contribution in [0.1, 0.15) is 96.0 Å². The number of nitrogens with two attached hydrogens (primary N) is 1. The second kappa shape index (κ2) is 21.2. The van der Waals surface area contributed by atoms with E-state index in [-0.39, 0.29) is 11.8 Å². The van der Waals surface area contributed by atoms with E-state index in [0.717, 1.165) is 121 Å². The van der Waals surface area contributed by atoms with Crippen LogP contribution in [0.2, 0.25) is 0 Å². The molecule has 6 N–H and O–H groups in total. The summed E-state index contributed by atoms with van der Waals surface area (Å²) in [7, 11) is 3.61. The van der Waals surface area contributed by atoms with E-state index in [2.05, 4.69) is 94.9 Å². The quantitative estimate of drug-likeness (QED) is 0.0418. The molecule has 364 valence electrons. The number of fused-ring (bicyclic) bond motifs is 4. The number of benzene rings is 2. The van der Waals surface area contributed by atoms with Crippen LogP contribution in [0.3, 0.4) is 0 Å². The van der Waals surface area contributed by atoms with Crippen LogP contribution in [0.4, 0.5) is 28.7 Å². The number of hydrogen-bond acceptors (Lipinski definition) is 13. The second-order valence-corrected chi connectivity index (χ2v) is 18.6. The zero-order valence-corrected chi connectivity index (χ0v) is 41.6. The van der Waals surface area contributed by atoms with Gasteiger partial charge in [0.2, 0.25) is 0 Å². The number of amides is 2. The largest absolute Gasteiger partial charge is 0.397 e. The molecule has 2 aliphatic rings. The number of imidazole rings is 2. The molecule has 2 amide bonds. The van der Waals surface area contributed by atoms with Crippen LogP contribution in [-0.4, -0.2) is 115 Å². The van der Waals surface area contributed by atoms with Crippen molar-refractivity contribution in [3.63, 3.8) is 0 Å². The van der Waals surface area contributed by atoms with E-state index in [1.165, 1.54) is 12.1 Å². The van der Waals surface area contributed by atoms with Crippen molar-refractivity contribution in [2.45, 2.75) is 80.2 Å². The number of carbonyl (C=O) groups excluding carboxylic acids is 2. The summed E-state index contributed by atoms with van der Waals surface area (Å²) in [5.41, 5.74) is 16.5. The Kier molecular flexibility index (Phi) is 14.9. The van der Waals surface area contributed by atoms with Gasteiger partial charge >= 0.3 is 0 Å². The Balaban J connectivity index is 0.000000186. The Bertz CT molecular complexity index is 3000. The smallest absolute Gasteiger partial charge is 0.259 e. The third-order valence-corrected chi connectivity index (χ3v) is 13.0. The van der Waals surface area contributed by atoms with E-state index in [0.29, 0.717) is 46.3 Å². The molecular formula is C51H68N16O2. The number of aryl methyl sites for hydroxylation is 4. The Hall–Kier alpha value is -6.92. The number of hydrogen-bond donors (Lipinski definition) is 5. The van der Waals surface area contributed by atoms with Crippen molar-refractivity contribution in [1.82, 2.24) is 49.2 Å². The van der Waals surface area contributed by atoms with Crippen molar-refractivity contribution in [3.8, 4) is 0 Å². The van der Waals surface area contributed by atoms with Gasteiger partial charge in [0.05, 0.1) is 52.0 Å². The molecule has 2 aromatic carbocycles. The minimum absolute atomic E-state index is 0.211. The lowest BCUT2D eigenvalue weighted by molar-refractivity contribution is 0.101. The van der Waals surface area contributed by atoms with Gasteiger partial charge in [-0.25, -0.2) is 9.97 Å². The molecule has 9 rings (SSSR count). The van der Waals surface area contributed by atoms with Crippen LogP contribution in [-0.2, 0) is 13.5 Å². The number of piperidine rings is 1. The number of aliphatic imine (C=N–C) groups is 1. The third kappa shape index (κ3) is 10.6. The van der Waals surface area contributed by atoms with Gasteiger partial charge in [-0.2, -0.15) is 5.10 Å². The molecule has 7 aromatic rings. The molecular weight excluding hydrogens is 869 g/mol. The molecule has 0 saturated carbocycles. The maximum atomic E-state index is 13.3. The summed E-state index contributed by atoms with van der Waals surface area (Å²) in [6.07, 6.45) is 15.5. The number of carbonyl (C=O) groups is 2. The first-order valence-corrected chi connectivity index (χ1v) is 24.3. The van der Waals surface area contributed by atoms with Crippen molar-refractivity contribution in [2.75, 3.05) is 79.0 Å². The van der Waals surface area contributed by atoms with Gasteiger partial charge in [0, 0.05) is 86.9 Å². The predicted octanol–water partition coefficient (Wildman–Crippen LogP) is 6.62. The molecule has 69 heavy (non-hydrogen) atoms. The summed E-state index contributed by atoms with van der Waals surface area (Å²) in [5, 5.41) is 18.4. The molecule has 2 saturated heterocycles. The maximum Gasteiger partial charge on any atom is 0.259 e. The molecule has 5 aromatic heterocycles. The van der Waals surface area contributed by atoms with Crippen LogP contribution in [0.15, 0.2) is 60.2 Å². The number of nitrogen functional groups attached to an aromatic ring is 1. The third-order valence-electron chi connectivity index (χ3n) is 13.0. The zero-order valence-electron chi connectivity index (χ0n) is 41.6. The molecule has 7 heterocycles. The summed E-state index contributed by atoms with van der Waals surface area (Å²) in [5.74, 6) is 1.62. The highest BCUT2D eigenvalue weighted by Gasteiger charge is 2.37. The van der Waals surface area contributed by atoms with Crippen LogP contribution >= 0.6 is 0 Å².